The van der Waals surface area contributed by atoms with Crippen LogP contribution in [0.4, 0.5) is 0 Å². The van der Waals surface area contributed by atoms with E-state index in [1.54, 1.807) is 6.08 Å². The summed E-state index contributed by atoms with van der Waals surface area (Å²) in [5.41, 5.74) is -1.89. The zero-order chi connectivity index (χ0) is 11.2. The van der Waals surface area contributed by atoms with Crippen LogP contribution in [0.25, 0.3) is 0 Å². The third-order valence-corrected chi connectivity index (χ3v) is 4.86. The van der Waals surface area contributed by atoms with E-state index in [9.17, 15) is 10.2 Å². The number of rotatable bonds is 2. The maximum atomic E-state index is 10.8. The minimum absolute atomic E-state index is 0.0803. The minimum Gasteiger partial charge on any atom is -0.387 e. The van der Waals surface area contributed by atoms with Crippen molar-refractivity contribution in [2.24, 2.45) is 5.41 Å². The molecule has 2 nitrogen and oxygen atoms in total. The van der Waals surface area contributed by atoms with E-state index < -0.39 is 11.2 Å². The van der Waals surface area contributed by atoms with Crippen LogP contribution in [-0.4, -0.2) is 21.4 Å². The van der Waals surface area contributed by atoms with Crippen molar-refractivity contribution in [3.05, 3.63) is 12.7 Å². The molecule has 0 spiro atoms. The van der Waals surface area contributed by atoms with Crippen molar-refractivity contribution in [3.63, 3.8) is 0 Å². The van der Waals surface area contributed by atoms with Gasteiger partial charge in [0.2, 0.25) is 0 Å². The van der Waals surface area contributed by atoms with Gasteiger partial charge in [0.1, 0.15) is 0 Å². The van der Waals surface area contributed by atoms with Crippen LogP contribution in [0.15, 0.2) is 12.7 Å². The van der Waals surface area contributed by atoms with E-state index in [1.165, 1.54) is 6.42 Å². The summed E-state index contributed by atoms with van der Waals surface area (Å²) < 4.78 is 0. The maximum absolute atomic E-state index is 10.8. The predicted molar refractivity (Wildman–Crippen MR) is 60.5 cm³/mol. The van der Waals surface area contributed by atoms with Crippen molar-refractivity contribution < 1.29 is 10.2 Å². The lowest BCUT2D eigenvalue weighted by molar-refractivity contribution is -0.190. The highest BCUT2D eigenvalue weighted by Crippen LogP contribution is 2.60. The van der Waals surface area contributed by atoms with Gasteiger partial charge in [0.15, 0.2) is 0 Å². The second-order valence-electron chi connectivity index (χ2n) is 5.65. The summed E-state index contributed by atoms with van der Waals surface area (Å²) in [5, 5.41) is 21.4. The second-order valence-corrected chi connectivity index (χ2v) is 5.65. The average molecular weight is 210 g/mol. The van der Waals surface area contributed by atoms with Crippen molar-refractivity contribution in [1.82, 2.24) is 0 Å². The second kappa shape index (κ2) is 3.33. The van der Waals surface area contributed by atoms with Crippen molar-refractivity contribution in [1.29, 1.82) is 0 Å². The minimum atomic E-state index is -0.927. The molecule has 0 saturated heterocycles. The van der Waals surface area contributed by atoms with E-state index in [1.807, 2.05) is 0 Å². The molecule has 86 valence electrons. The normalized spacial score (nSPS) is 50.1. The zero-order valence-corrected chi connectivity index (χ0v) is 9.63. The molecule has 0 bridgehead atoms. The van der Waals surface area contributed by atoms with Gasteiger partial charge in [-0.1, -0.05) is 25.8 Å². The van der Waals surface area contributed by atoms with Crippen LogP contribution in [0, 0.1) is 5.41 Å². The molecular formula is C13H22O2. The first kappa shape index (κ1) is 11.2. The first-order valence-electron chi connectivity index (χ1n) is 6.03. The lowest BCUT2D eigenvalue weighted by Gasteiger charge is -2.49. The van der Waals surface area contributed by atoms with Gasteiger partial charge in [0.05, 0.1) is 11.2 Å². The Kier molecular flexibility index (Phi) is 2.47. The zero-order valence-electron chi connectivity index (χ0n) is 9.63. The van der Waals surface area contributed by atoms with Crippen LogP contribution in [0.2, 0.25) is 0 Å². The number of hydrogen-bond acceptors (Lipinski definition) is 2. The molecule has 0 aromatic carbocycles. The van der Waals surface area contributed by atoms with E-state index in [2.05, 4.69) is 13.5 Å². The highest BCUT2D eigenvalue weighted by molar-refractivity contribution is 5.17. The molecule has 2 saturated carbocycles. The van der Waals surface area contributed by atoms with Crippen LogP contribution in [0.5, 0.6) is 0 Å². The Labute approximate surface area is 92.0 Å². The Hall–Kier alpha value is -0.340. The molecular weight excluding hydrogens is 188 g/mol. The summed E-state index contributed by atoms with van der Waals surface area (Å²) in [6, 6.07) is 0. The Bertz CT molecular complexity index is 276. The molecule has 0 heterocycles. The fourth-order valence-electron chi connectivity index (χ4n) is 3.73. The van der Waals surface area contributed by atoms with Gasteiger partial charge >= 0.3 is 0 Å². The van der Waals surface area contributed by atoms with E-state index in [0.29, 0.717) is 12.8 Å². The van der Waals surface area contributed by atoms with Crippen LogP contribution in [-0.2, 0) is 0 Å². The summed E-state index contributed by atoms with van der Waals surface area (Å²) in [6.45, 7) is 5.82. The maximum Gasteiger partial charge on any atom is 0.0989 e. The van der Waals surface area contributed by atoms with Crippen molar-refractivity contribution in [2.45, 2.75) is 63.1 Å². The van der Waals surface area contributed by atoms with Crippen LogP contribution >= 0.6 is 0 Å². The average Bonchev–Trinajstić information content (AvgIpc) is 2.39. The lowest BCUT2D eigenvalue weighted by Crippen LogP contribution is -2.58. The van der Waals surface area contributed by atoms with Crippen LogP contribution < -0.4 is 0 Å². The highest BCUT2D eigenvalue weighted by atomic mass is 16.4. The molecule has 0 aromatic rings. The molecule has 2 fully saturated rings. The number of aliphatic hydroxyl groups is 2. The molecule has 0 amide bonds. The molecule has 2 heteroatoms. The van der Waals surface area contributed by atoms with E-state index >= 15 is 0 Å². The van der Waals surface area contributed by atoms with Crippen molar-refractivity contribution >= 4 is 0 Å². The monoisotopic (exact) mass is 210 g/mol. The lowest BCUT2D eigenvalue weighted by atomic mass is 9.62. The third kappa shape index (κ3) is 1.31. The summed E-state index contributed by atoms with van der Waals surface area (Å²) in [4.78, 5) is 0. The summed E-state index contributed by atoms with van der Waals surface area (Å²) >= 11 is 0. The molecule has 2 aliphatic carbocycles. The number of hydrogen-bond donors (Lipinski definition) is 2. The summed E-state index contributed by atoms with van der Waals surface area (Å²) in [5.74, 6) is 0. The van der Waals surface area contributed by atoms with Gasteiger partial charge in [0, 0.05) is 0 Å². The molecule has 0 aliphatic heterocycles. The van der Waals surface area contributed by atoms with Crippen molar-refractivity contribution in [2.75, 3.05) is 0 Å². The van der Waals surface area contributed by atoms with Crippen molar-refractivity contribution in [3.8, 4) is 0 Å². The molecule has 2 N–H and O–H groups in total. The van der Waals surface area contributed by atoms with E-state index in [4.69, 9.17) is 0 Å². The van der Waals surface area contributed by atoms with Gasteiger partial charge in [0.25, 0.3) is 0 Å². The standard InChI is InChI=1S/C13H22O2/c1-3-6-12(14)10-9-11(2)7-4-5-8-13(11,12)15/h3,14-15H,1,4-10H2,2H3/t11-,12+,13+/m0/s1. The first-order valence-corrected chi connectivity index (χ1v) is 6.03. The Morgan fingerprint density at radius 2 is 1.80 bits per heavy atom. The van der Waals surface area contributed by atoms with Crippen LogP contribution in [0.1, 0.15) is 51.9 Å². The van der Waals surface area contributed by atoms with Gasteiger partial charge in [-0.3, -0.25) is 0 Å². The molecule has 2 rings (SSSR count). The van der Waals surface area contributed by atoms with Gasteiger partial charge in [-0.15, -0.1) is 6.58 Å². The van der Waals surface area contributed by atoms with Gasteiger partial charge < -0.3 is 10.2 Å². The molecule has 2 aliphatic rings. The highest BCUT2D eigenvalue weighted by Gasteiger charge is 2.64. The summed E-state index contributed by atoms with van der Waals surface area (Å²) in [6.07, 6.45) is 7.91. The molecule has 15 heavy (non-hydrogen) atoms. The molecule has 0 radical (unpaired) electrons. The molecule has 3 atom stereocenters. The SMILES string of the molecule is C=CC[C@@]1(O)CC[C@]2(C)CCCC[C@@]21O. The quantitative estimate of drug-likeness (QED) is 0.687. The van der Waals surface area contributed by atoms with E-state index in [-0.39, 0.29) is 5.41 Å². The topological polar surface area (TPSA) is 40.5 Å². The first-order chi connectivity index (χ1) is 6.97. The predicted octanol–water partition coefficient (Wildman–Crippen LogP) is 2.40. The van der Waals surface area contributed by atoms with E-state index in [0.717, 1.165) is 25.7 Å². The summed E-state index contributed by atoms with van der Waals surface area (Å²) in [7, 11) is 0. The Balaban J connectivity index is 2.34. The van der Waals surface area contributed by atoms with Gasteiger partial charge in [-0.25, -0.2) is 0 Å². The van der Waals surface area contributed by atoms with Gasteiger partial charge in [-0.2, -0.15) is 0 Å². The molecule has 0 unspecified atom stereocenters. The molecule has 0 aromatic heterocycles. The Morgan fingerprint density at radius 1 is 1.13 bits per heavy atom. The third-order valence-electron chi connectivity index (χ3n) is 4.86. The Morgan fingerprint density at radius 3 is 2.47 bits per heavy atom. The smallest absolute Gasteiger partial charge is 0.0989 e. The number of fused-ring (bicyclic) bond motifs is 1. The van der Waals surface area contributed by atoms with Crippen LogP contribution in [0.3, 0.4) is 0 Å². The largest absolute Gasteiger partial charge is 0.387 e. The fourth-order valence-corrected chi connectivity index (χ4v) is 3.73. The van der Waals surface area contributed by atoms with Gasteiger partial charge in [-0.05, 0) is 37.5 Å². The fraction of sp³-hybridized carbons (Fsp3) is 0.846.